The topological polar surface area (TPSA) is 103 Å². The van der Waals surface area contributed by atoms with Gasteiger partial charge >= 0.3 is 262 Å². The van der Waals surface area contributed by atoms with Crippen molar-refractivity contribution in [1.82, 2.24) is 15.6 Å². The fourth-order valence-electron chi connectivity index (χ4n) is 5.31. The summed E-state index contributed by atoms with van der Waals surface area (Å²) >= 11 is 0. The number of carboxylic acid groups (broad SMARTS) is 1. The number of rotatable bonds is 13. The predicted octanol–water partition coefficient (Wildman–Crippen LogP) is 5.24. The molecular formula is C33H36BN3O4S2. The first-order valence-corrected chi connectivity index (χ1v) is 16.6. The third-order valence-corrected chi connectivity index (χ3v) is 10.6. The number of nitrogens with one attached hydrogen (secondary N) is 3. The molecule has 0 fully saturated rings. The molecule has 5 rings (SSSR count). The van der Waals surface area contributed by atoms with Gasteiger partial charge in [-0.25, -0.2) is 0 Å². The summed E-state index contributed by atoms with van der Waals surface area (Å²) in [4.78, 5) is 29.0. The number of hydrogen-bond acceptors (Lipinski definition) is 6. The molecule has 4 N–H and O–H groups in total. The number of carboxylic acids is 1. The van der Waals surface area contributed by atoms with E-state index < -0.39 is 24.0 Å². The molecule has 0 unspecified atom stereocenters. The van der Waals surface area contributed by atoms with Gasteiger partial charge in [0.05, 0.1) is 0 Å². The van der Waals surface area contributed by atoms with E-state index in [0.717, 1.165) is 16.5 Å². The third-order valence-electron chi connectivity index (χ3n) is 7.30. The van der Waals surface area contributed by atoms with Gasteiger partial charge in [0.2, 0.25) is 0 Å². The zero-order valence-electron chi connectivity index (χ0n) is 24.6. The summed E-state index contributed by atoms with van der Waals surface area (Å²) in [6, 6.07) is 22.7. The van der Waals surface area contributed by atoms with Crippen LogP contribution in [0.4, 0.5) is 0 Å². The molecule has 1 amide bonds. The van der Waals surface area contributed by atoms with E-state index in [2.05, 4.69) is 68.1 Å². The number of benzene rings is 3. The second kappa shape index (κ2) is 13.3. The van der Waals surface area contributed by atoms with Crippen molar-refractivity contribution in [3.63, 3.8) is 0 Å². The molecule has 0 aliphatic heterocycles. The van der Waals surface area contributed by atoms with Gasteiger partial charge in [0.15, 0.2) is 0 Å². The molecular weight excluding hydrogens is 577 g/mol. The van der Waals surface area contributed by atoms with Crippen LogP contribution < -0.4 is 10.6 Å². The monoisotopic (exact) mass is 613 g/mol. The van der Waals surface area contributed by atoms with Gasteiger partial charge in [-0.15, -0.1) is 0 Å². The Labute approximate surface area is 261 Å². The summed E-state index contributed by atoms with van der Waals surface area (Å²) in [5.41, 5.74) is 6.68. The first-order chi connectivity index (χ1) is 20.6. The first kappa shape index (κ1) is 30.8. The second-order valence-corrected chi connectivity index (χ2v) is 14.8. The average molecular weight is 614 g/mol. The minimum absolute atomic E-state index is 0.0283. The number of carbonyl (C=O) groups is 2. The molecule has 43 heavy (non-hydrogen) atoms. The van der Waals surface area contributed by atoms with Gasteiger partial charge in [-0.05, 0) is 0 Å². The van der Waals surface area contributed by atoms with E-state index in [9.17, 15) is 14.7 Å². The number of ether oxygens (including phenoxy) is 1. The van der Waals surface area contributed by atoms with Crippen LogP contribution in [0, 0.1) is 0 Å². The maximum atomic E-state index is 13.6. The Morgan fingerprint density at radius 3 is 2.23 bits per heavy atom. The van der Waals surface area contributed by atoms with E-state index in [-0.39, 0.29) is 22.2 Å². The summed E-state index contributed by atoms with van der Waals surface area (Å²) in [7, 11) is 7.11. The first-order valence-electron chi connectivity index (χ1n) is 14.3. The number of aromatic amines is 1. The van der Waals surface area contributed by atoms with Crippen molar-refractivity contribution in [3.05, 3.63) is 95.7 Å². The molecule has 1 aliphatic rings. The molecule has 1 aromatic heterocycles. The van der Waals surface area contributed by atoms with Gasteiger partial charge in [-0.3, -0.25) is 0 Å². The van der Waals surface area contributed by atoms with Crippen molar-refractivity contribution >= 4 is 57.6 Å². The van der Waals surface area contributed by atoms with Crippen molar-refractivity contribution in [3.8, 4) is 11.1 Å². The van der Waals surface area contributed by atoms with Crippen LogP contribution in [0.3, 0.4) is 0 Å². The van der Waals surface area contributed by atoms with Crippen LogP contribution in [0.15, 0.2) is 79.0 Å². The summed E-state index contributed by atoms with van der Waals surface area (Å²) < 4.78 is 6.13. The van der Waals surface area contributed by atoms with Gasteiger partial charge in [-0.1, -0.05) is 0 Å². The number of hydrogen-bond donors (Lipinski definition) is 4. The van der Waals surface area contributed by atoms with E-state index in [1.54, 1.807) is 10.8 Å². The normalized spacial score (nSPS) is 14.0. The number of H-pyrrole nitrogens is 1. The van der Waals surface area contributed by atoms with Crippen LogP contribution in [0.1, 0.15) is 43.4 Å². The van der Waals surface area contributed by atoms with Crippen LogP contribution in [0.5, 0.6) is 0 Å². The van der Waals surface area contributed by atoms with E-state index in [1.807, 2.05) is 54.7 Å². The van der Waals surface area contributed by atoms with Gasteiger partial charge < -0.3 is 0 Å². The average Bonchev–Trinajstić information content (AvgIpc) is 3.53. The summed E-state index contributed by atoms with van der Waals surface area (Å²) in [6.45, 7) is 6.54. The molecule has 0 spiro atoms. The molecule has 10 heteroatoms. The minimum atomic E-state index is -1.07. The molecule has 7 nitrogen and oxygen atoms in total. The standard InChI is InChI=1S/C33H36BN3O4S2/c1-33(2,3)43-42-19-29(31(39)40)36-30(38)28(16-20-17-35-27-15-9-8-10-21(20)27)37-32(34)41-18-26-24-13-6-4-11-22(24)23-12-5-7-14-25(23)26/h4-15,17,26,28-29,34-35,37H,16,18-19H2,1-3H3,(H,36,38)(H,39,40)/t28-,29+/m0/s1. The number of para-hydroxylation sites is 1. The number of fused-ring (bicyclic) bond motifs is 4. The van der Waals surface area contributed by atoms with Crippen molar-refractivity contribution in [2.75, 3.05) is 12.4 Å². The molecule has 1 aliphatic carbocycles. The Balaban J connectivity index is 1.31. The maximum absolute atomic E-state index is 13.6. The Kier molecular flexibility index (Phi) is 9.57. The quantitative estimate of drug-likeness (QED) is 0.121. The Hall–Kier alpha value is -3.63. The van der Waals surface area contributed by atoms with Crippen LogP contribution in [0.2, 0.25) is 0 Å². The van der Waals surface area contributed by atoms with Crippen molar-refractivity contribution in [1.29, 1.82) is 0 Å². The van der Waals surface area contributed by atoms with E-state index in [1.165, 1.54) is 33.0 Å². The molecule has 2 atom stereocenters. The predicted molar refractivity (Wildman–Crippen MR) is 180 cm³/mol. The van der Waals surface area contributed by atoms with Crippen molar-refractivity contribution in [2.24, 2.45) is 0 Å². The molecule has 222 valence electrons. The molecule has 0 radical (unpaired) electrons. The van der Waals surface area contributed by atoms with Gasteiger partial charge in [0.25, 0.3) is 0 Å². The summed E-state index contributed by atoms with van der Waals surface area (Å²) in [5.74, 6) is -0.983. The number of aromatic nitrogens is 1. The SMILES string of the molecule is B=C(N[C@@H](Cc1c[nH]c2ccccc12)C(=O)N[C@H](CSSC(C)(C)C)C(=O)O)OCC1c2ccccc2-c2ccccc21. The van der Waals surface area contributed by atoms with E-state index in [4.69, 9.17) is 4.74 Å². The second-order valence-electron chi connectivity index (χ2n) is 11.6. The number of aliphatic carboxylic acids is 1. The van der Waals surface area contributed by atoms with Gasteiger partial charge in [-0.2, -0.15) is 0 Å². The van der Waals surface area contributed by atoms with Crippen molar-refractivity contribution < 1.29 is 19.4 Å². The Morgan fingerprint density at radius 1 is 0.953 bits per heavy atom. The van der Waals surface area contributed by atoms with Crippen LogP contribution in [0.25, 0.3) is 22.0 Å². The number of amides is 1. The Morgan fingerprint density at radius 2 is 1.58 bits per heavy atom. The van der Waals surface area contributed by atoms with Crippen LogP contribution in [-0.4, -0.2) is 64.4 Å². The number of carbonyl (C=O) groups excluding carboxylic acids is 1. The van der Waals surface area contributed by atoms with Gasteiger partial charge in [0, 0.05) is 0 Å². The van der Waals surface area contributed by atoms with Crippen LogP contribution >= 0.6 is 21.6 Å². The molecule has 0 saturated carbocycles. The third kappa shape index (κ3) is 7.48. The van der Waals surface area contributed by atoms with Gasteiger partial charge in [0.1, 0.15) is 0 Å². The zero-order chi connectivity index (χ0) is 30.6. The zero-order valence-corrected chi connectivity index (χ0v) is 26.2. The molecule has 1 heterocycles. The molecule has 0 bridgehead atoms. The summed E-state index contributed by atoms with van der Waals surface area (Å²) in [6.07, 6.45) is 2.19. The Bertz CT molecular complexity index is 1590. The summed E-state index contributed by atoms with van der Waals surface area (Å²) in [5, 5.41) is 16.8. The van der Waals surface area contributed by atoms with Crippen LogP contribution in [-0.2, 0) is 20.7 Å². The fourth-order valence-corrected chi connectivity index (χ4v) is 7.77. The van der Waals surface area contributed by atoms with E-state index >= 15 is 0 Å². The molecule has 0 saturated heterocycles. The fraction of sp³-hybridized carbons (Fsp3) is 0.303. The molecule has 3 aromatic carbocycles. The molecule has 4 aromatic rings. The van der Waals surface area contributed by atoms with Crippen molar-refractivity contribution in [2.45, 2.75) is 49.9 Å². The van der Waals surface area contributed by atoms with E-state index in [0.29, 0.717) is 13.0 Å².